The molecule has 0 bridgehead atoms. The lowest BCUT2D eigenvalue weighted by Gasteiger charge is -2.37. The third kappa shape index (κ3) is 5.58. The standard InChI is InChI=1S/C16H31N3O3S.ClH/c1-2-23(21,22)19-10-6-14(7-11-19)18-15(20)12-16(13-17)8-4-3-5-9-16;/h14H,2-13,17H2,1H3,(H,18,20);1H. The Balaban J connectivity index is 0.00000288. The molecular formula is C16H32ClN3O3S. The monoisotopic (exact) mass is 381 g/mol. The van der Waals surface area contributed by atoms with Crippen LogP contribution in [0.5, 0.6) is 0 Å². The number of nitrogens with one attached hydrogen (secondary N) is 1. The van der Waals surface area contributed by atoms with E-state index in [0.717, 1.165) is 25.7 Å². The zero-order chi connectivity index (χ0) is 16.9. The lowest BCUT2D eigenvalue weighted by molar-refractivity contribution is -0.124. The highest BCUT2D eigenvalue weighted by Gasteiger charge is 2.34. The van der Waals surface area contributed by atoms with Gasteiger partial charge in [-0.3, -0.25) is 4.79 Å². The summed E-state index contributed by atoms with van der Waals surface area (Å²) in [5, 5.41) is 3.10. The van der Waals surface area contributed by atoms with E-state index in [0.29, 0.717) is 38.9 Å². The Morgan fingerprint density at radius 1 is 1.21 bits per heavy atom. The molecule has 1 amide bonds. The van der Waals surface area contributed by atoms with E-state index in [1.807, 2.05) is 0 Å². The molecule has 0 aromatic rings. The van der Waals surface area contributed by atoms with Crippen molar-refractivity contribution in [3.8, 4) is 0 Å². The number of sulfonamides is 1. The highest BCUT2D eigenvalue weighted by molar-refractivity contribution is 7.89. The summed E-state index contributed by atoms with van der Waals surface area (Å²) in [6, 6.07) is 0.0872. The molecule has 2 rings (SSSR count). The number of nitrogens with zero attached hydrogens (tertiary/aromatic N) is 1. The van der Waals surface area contributed by atoms with Gasteiger partial charge in [-0.05, 0) is 44.6 Å². The van der Waals surface area contributed by atoms with Crippen LogP contribution in [0, 0.1) is 5.41 Å². The van der Waals surface area contributed by atoms with Gasteiger partial charge in [0.25, 0.3) is 0 Å². The Labute approximate surface area is 152 Å². The van der Waals surface area contributed by atoms with E-state index in [4.69, 9.17) is 5.73 Å². The van der Waals surface area contributed by atoms with E-state index in [1.54, 1.807) is 6.92 Å². The summed E-state index contributed by atoms with van der Waals surface area (Å²) in [5.41, 5.74) is 5.93. The van der Waals surface area contributed by atoms with Crippen molar-refractivity contribution < 1.29 is 13.2 Å². The number of nitrogens with two attached hydrogens (primary N) is 1. The average Bonchev–Trinajstić information content (AvgIpc) is 2.56. The number of piperidine rings is 1. The van der Waals surface area contributed by atoms with Crippen LogP contribution in [0.4, 0.5) is 0 Å². The second-order valence-electron chi connectivity index (χ2n) is 7.08. The molecule has 142 valence electrons. The molecule has 1 saturated carbocycles. The summed E-state index contributed by atoms with van der Waals surface area (Å²) < 4.78 is 25.2. The van der Waals surface area contributed by atoms with Crippen LogP contribution in [0.1, 0.15) is 58.3 Å². The first-order chi connectivity index (χ1) is 10.9. The van der Waals surface area contributed by atoms with Gasteiger partial charge in [-0.25, -0.2) is 12.7 Å². The van der Waals surface area contributed by atoms with Gasteiger partial charge < -0.3 is 11.1 Å². The van der Waals surface area contributed by atoms with Gasteiger partial charge >= 0.3 is 0 Å². The van der Waals surface area contributed by atoms with Gasteiger partial charge in [0.1, 0.15) is 0 Å². The van der Waals surface area contributed by atoms with Crippen LogP contribution in [0.15, 0.2) is 0 Å². The van der Waals surface area contributed by atoms with Crippen molar-refractivity contribution in [1.29, 1.82) is 0 Å². The average molecular weight is 382 g/mol. The second-order valence-corrected chi connectivity index (χ2v) is 9.34. The van der Waals surface area contributed by atoms with Crippen LogP contribution >= 0.6 is 12.4 Å². The minimum atomic E-state index is -3.11. The summed E-state index contributed by atoms with van der Waals surface area (Å²) in [6.45, 7) is 3.25. The molecule has 2 fully saturated rings. The van der Waals surface area contributed by atoms with Crippen molar-refractivity contribution >= 4 is 28.3 Å². The molecule has 0 spiro atoms. The lowest BCUT2D eigenvalue weighted by Crippen LogP contribution is -2.48. The van der Waals surface area contributed by atoms with Crippen LogP contribution in [-0.2, 0) is 14.8 Å². The van der Waals surface area contributed by atoms with Gasteiger partial charge in [0.2, 0.25) is 15.9 Å². The molecule has 1 aliphatic heterocycles. The van der Waals surface area contributed by atoms with Gasteiger partial charge in [-0.1, -0.05) is 19.3 Å². The van der Waals surface area contributed by atoms with E-state index in [-0.39, 0.29) is 35.5 Å². The Morgan fingerprint density at radius 2 is 1.79 bits per heavy atom. The molecule has 24 heavy (non-hydrogen) atoms. The second kappa shape index (κ2) is 9.36. The number of rotatable bonds is 6. The predicted molar refractivity (Wildman–Crippen MR) is 98.6 cm³/mol. The van der Waals surface area contributed by atoms with Crippen LogP contribution in [-0.4, -0.2) is 50.1 Å². The van der Waals surface area contributed by atoms with Crippen molar-refractivity contribution in [2.75, 3.05) is 25.4 Å². The molecule has 6 nitrogen and oxygen atoms in total. The summed E-state index contributed by atoms with van der Waals surface area (Å²) >= 11 is 0. The van der Waals surface area contributed by atoms with E-state index in [1.165, 1.54) is 10.7 Å². The van der Waals surface area contributed by atoms with Crippen LogP contribution < -0.4 is 11.1 Å². The largest absolute Gasteiger partial charge is 0.353 e. The van der Waals surface area contributed by atoms with Crippen molar-refractivity contribution in [2.24, 2.45) is 11.1 Å². The lowest BCUT2D eigenvalue weighted by atomic mass is 9.71. The van der Waals surface area contributed by atoms with Crippen molar-refractivity contribution in [2.45, 2.75) is 64.3 Å². The van der Waals surface area contributed by atoms with E-state index in [2.05, 4.69) is 5.32 Å². The molecule has 0 atom stereocenters. The predicted octanol–water partition coefficient (Wildman–Crippen LogP) is 1.64. The quantitative estimate of drug-likeness (QED) is 0.731. The molecule has 0 aromatic carbocycles. The first kappa shape index (κ1) is 21.7. The van der Waals surface area contributed by atoms with Gasteiger partial charge in [0.05, 0.1) is 5.75 Å². The van der Waals surface area contributed by atoms with Crippen LogP contribution in [0.3, 0.4) is 0 Å². The summed E-state index contributed by atoms with van der Waals surface area (Å²) in [6.07, 6.45) is 7.57. The maximum Gasteiger partial charge on any atom is 0.220 e. The summed E-state index contributed by atoms with van der Waals surface area (Å²) in [7, 11) is -3.11. The normalized spacial score (nSPS) is 22.6. The molecule has 2 aliphatic rings. The van der Waals surface area contributed by atoms with Gasteiger partial charge in [0.15, 0.2) is 0 Å². The molecule has 1 heterocycles. The smallest absolute Gasteiger partial charge is 0.220 e. The Morgan fingerprint density at radius 3 is 2.29 bits per heavy atom. The third-order valence-corrected chi connectivity index (χ3v) is 7.34. The van der Waals surface area contributed by atoms with Crippen molar-refractivity contribution in [1.82, 2.24) is 9.62 Å². The van der Waals surface area contributed by atoms with Crippen LogP contribution in [0.25, 0.3) is 0 Å². The Bertz CT molecular complexity index is 499. The fraction of sp³-hybridized carbons (Fsp3) is 0.938. The molecule has 3 N–H and O–H groups in total. The molecule has 0 unspecified atom stereocenters. The van der Waals surface area contributed by atoms with Crippen molar-refractivity contribution in [3.05, 3.63) is 0 Å². The zero-order valence-electron chi connectivity index (χ0n) is 14.6. The highest BCUT2D eigenvalue weighted by atomic mass is 35.5. The number of halogens is 1. The molecule has 1 saturated heterocycles. The highest BCUT2D eigenvalue weighted by Crippen LogP contribution is 2.38. The Hall–Kier alpha value is -0.370. The van der Waals surface area contributed by atoms with Crippen LogP contribution in [0.2, 0.25) is 0 Å². The zero-order valence-corrected chi connectivity index (χ0v) is 16.3. The SMILES string of the molecule is CCS(=O)(=O)N1CCC(NC(=O)CC2(CN)CCCCC2)CC1.Cl. The number of hydrogen-bond donors (Lipinski definition) is 2. The summed E-state index contributed by atoms with van der Waals surface area (Å²) in [4.78, 5) is 12.4. The first-order valence-corrected chi connectivity index (χ1v) is 10.5. The van der Waals surface area contributed by atoms with Gasteiger partial charge in [0, 0.05) is 25.6 Å². The number of hydrogen-bond acceptors (Lipinski definition) is 4. The molecular weight excluding hydrogens is 350 g/mol. The van der Waals surface area contributed by atoms with Crippen molar-refractivity contribution in [3.63, 3.8) is 0 Å². The number of amides is 1. The van der Waals surface area contributed by atoms with E-state index in [9.17, 15) is 13.2 Å². The Kier molecular flexibility index (Phi) is 8.45. The van der Waals surface area contributed by atoms with Gasteiger partial charge in [-0.2, -0.15) is 0 Å². The fourth-order valence-electron chi connectivity index (χ4n) is 3.84. The van der Waals surface area contributed by atoms with E-state index < -0.39 is 10.0 Å². The number of carbonyl (C=O) groups is 1. The minimum Gasteiger partial charge on any atom is -0.353 e. The molecule has 1 aliphatic carbocycles. The van der Waals surface area contributed by atoms with Gasteiger partial charge in [-0.15, -0.1) is 12.4 Å². The molecule has 8 heteroatoms. The fourth-order valence-corrected chi connectivity index (χ4v) is 4.97. The third-order valence-electron chi connectivity index (χ3n) is 5.46. The number of carbonyl (C=O) groups excluding carboxylic acids is 1. The maximum absolute atomic E-state index is 12.4. The summed E-state index contributed by atoms with van der Waals surface area (Å²) in [5.74, 6) is 0.220. The minimum absolute atomic E-state index is 0. The van der Waals surface area contributed by atoms with E-state index >= 15 is 0 Å². The first-order valence-electron chi connectivity index (χ1n) is 8.88. The maximum atomic E-state index is 12.4. The molecule has 0 aromatic heterocycles. The topological polar surface area (TPSA) is 92.5 Å². The molecule has 0 radical (unpaired) electrons.